The Morgan fingerprint density at radius 2 is 2.20 bits per heavy atom. The summed E-state index contributed by atoms with van der Waals surface area (Å²) in [6, 6.07) is 7.84. The van der Waals surface area contributed by atoms with Crippen LogP contribution in [0.1, 0.15) is 15.9 Å². The van der Waals surface area contributed by atoms with Crippen LogP contribution < -0.4 is 4.74 Å². The zero-order valence-electron chi connectivity index (χ0n) is 9.80. The minimum Gasteiger partial charge on any atom is -0.478 e. The number of halogens is 2. The van der Waals surface area contributed by atoms with Gasteiger partial charge in [0.25, 0.3) is 0 Å². The highest BCUT2D eigenvalue weighted by molar-refractivity contribution is 14.1. The zero-order valence-corrected chi connectivity index (χ0v) is 12.7. The number of ether oxygens (including phenoxy) is 1. The highest BCUT2D eigenvalue weighted by atomic mass is 127. The van der Waals surface area contributed by atoms with E-state index in [-0.39, 0.29) is 22.0 Å². The van der Waals surface area contributed by atoms with Crippen LogP contribution in [0.15, 0.2) is 30.5 Å². The van der Waals surface area contributed by atoms with E-state index < -0.39 is 5.97 Å². The highest BCUT2D eigenvalue weighted by Gasteiger charge is 2.13. The third kappa shape index (κ3) is 3.00. The lowest BCUT2D eigenvalue weighted by Gasteiger charge is -2.09. The molecule has 2 aromatic rings. The molecular formula is C13H6ClIN2O3. The number of nitrogens with zero attached hydrogens (tertiary/aromatic N) is 2. The van der Waals surface area contributed by atoms with Crippen molar-refractivity contribution in [3.05, 3.63) is 50.2 Å². The molecule has 0 radical (unpaired) electrons. The first-order chi connectivity index (χ1) is 9.52. The SMILES string of the molecule is N#Cc1ccnc(Oc2cc(C(=O)O)ccc2I)c1Cl. The molecule has 0 saturated heterocycles. The van der Waals surface area contributed by atoms with Gasteiger partial charge in [0, 0.05) is 6.20 Å². The number of hydrogen-bond donors (Lipinski definition) is 1. The van der Waals surface area contributed by atoms with Gasteiger partial charge in [-0.2, -0.15) is 5.26 Å². The summed E-state index contributed by atoms with van der Waals surface area (Å²) in [5.41, 5.74) is 0.328. The summed E-state index contributed by atoms with van der Waals surface area (Å²) in [7, 11) is 0. The van der Waals surface area contributed by atoms with Gasteiger partial charge in [0.05, 0.1) is 14.7 Å². The number of carboxylic acids is 1. The van der Waals surface area contributed by atoms with Crippen molar-refractivity contribution in [3.8, 4) is 17.7 Å². The average molecular weight is 401 g/mol. The Morgan fingerprint density at radius 3 is 2.85 bits per heavy atom. The van der Waals surface area contributed by atoms with Gasteiger partial charge in [-0.25, -0.2) is 9.78 Å². The summed E-state index contributed by atoms with van der Waals surface area (Å²) in [5.74, 6) is -0.683. The fourth-order valence-electron chi connectivity index (χ4n) is 1.40. The summed E-state index contributed by atoms with van der Waals surface area (Å²) in [6.45, 7) is 0. The molecule has 0 saturated carbocycles. The van der Waals surface area contributed by atoms with E-state index in [9.17, 15) is 4.79 Å². The van der Waals surface area contributed by atoms with Gasteiger partial charge in [-0.3, -0.25) is 0 Å². The van der Waals surface area contributed by atoms with Gasteiger partial charge in [-0.1, -0.05) is 11.6 Å². The molecule has 0 bridgehead atoms. The van der Waals surface area contributed by atoms with Gasteiger partial charge in [0.2, 0.25) is 5.88 Å². The Hall–Kier alpha value is -1.85. The third-order valence-corrected chi connectivity index (χ3v) is 3.62. The number of aromatic carboxylic acids is 1. The summed E-state index contributed by atoms with van der Waals surface area (Å²) in [6.07, 6.45) is 1.40. The molecule has 0 aliphatic carbocycles. The number of carboxylic acid groups (broad SMARTS) is 1. The second-order valence-corrected chi connectivity index (χ2v) is 5.18. The highest BCUT2D eigenvalue weighted by Crippen LogP contribution is 2.32. The summed E-state index contributed by atoms with van der Waals surface area (Å²) >= 11 is 7.99. The molecule has 2 rings (SSSR count). The van der Waals surface area contributed by atoms with Crippen molar-refractivity contribution in [2.24, 2.45) is 0 Å². The molecule has 0 spiro atoms. The molecule has 100 valence electrons. The number of nitriles is 1. The summed E-state index contributed by atoms with van der Waals surface area (Å²) in [5, 5.41) is 17.9. The third-order valence-electron chi connectivity index (χ3n) is 2.36. The zero-order chi connectivity index (χ0) is 14.7. The number of carbonyl (C=O) groups is 1. The van der Waals surface area contributed by atoms with Crippen LogP contribution in [0, 0.1) is 14.9 Å². The first-order valence-corrected chi connectivity index (χ1v) is 6.74. The normalized spacial score (nSPS) is 9.85. The van der Waals surface area contributed by atoms with Gasteiger partial charge >= 0.3 is 5.97 Å². The van der Waals surface area contributed by atoms with Gasteiger partial charge in [-0.15, -0.1) is 0 Å². The van der Waals surface area contributed by atoms with Crippen molar-refractivity contribution in [1.29, 1.82) is 5.26 Å². The maximum absolute atomic E-state index is 10.9. The van der Waals surface area contributed by atoms with Crippen molar-refractivity contribution in [1.82, 2.24) is 4.98 Å². The molecule has 0 aliphatic rings. The quantitative estimate of drug-likeness (QED) is 0.794. The van der Waals surface area contributed by atoms with E-state index in [2.05, 4.69) is 4.98 Å². The number of aromatic nitrogens is 1. The van der Waals surface area contributed by atoms with Crippen LogP contribution in [-0.2, 0) is 0 Å². The molecule has 0 fully saturated rings. The lowest BCUT2D eigenvalue weighted by Crippen LogP contribution is -1.99. The number of benzene rings is 1. The Balaban J connectivity index is 2.43. The van der Waals surface area contributed by atoms with Crippen LogP contribution in [0.5, 0.6) is 11.6 Å². The molecular weight excluding hydrogens is 395 g/mol. The molecule has 0 amide bonds. The molecule has 0 atom stereocenters. The molecule has 20 heavy (non-hydrogen) atoms. The number of rotatable bonds is 3. The van der Waals surface area contributed by atoms with E-state index in [1.807, 2.05) is 28.7 Å². The van der Waals surface area contributed by atoms with Gasteiger partial charge < -0.3 is 9.84 Å². The summed E-state index contributed by atoms with van der Waals surface area (Å²) < 4.78 is 6.21. The average Bonchev–Trinajstić information content (AvgIpc) is 2.43. The van der Waals surface area contributed by atoms with Crippen LogP contribution in [0.3, 0.4) is 0 Å². The molecule has 1 aromatic carbocycles. The van der Waals surface area contributed by atoms with Crippen molar-refractivity contribution in [2.75, 3.05) is 0 Å². The molecule has 1 aromatic heterocycles. The van der Waals surface area contributed by atoms with Crippen LogP contribution in [0.2, 0.25) is 5.02 Å². The Morgan fingerprint density at radius 1 is 1.45 bits per heavy atom. The first-order valence-electron chi connectivity index (χ1n) is 5.28. The second-order valence-electron chi connectivity index (χ2n) is 3.64. The molecule has 1 heterocycles. The molecule has 0 unspecified atom stereocenters. The largest absolute Gasteiger partial charge is 0.478 e. The van der Waals surface area contributed by atoms with Gasteiger partial charge in [0.1, 0.15) is 16.8 Å². The van der Waals surface area contributed by atoms with Gasteiger partial charge in [0.15, 0.2) is 0 Å². The van der Waals surface area contributed by atoms with E-state index in [4.69, 9.17) is 26.7 Å². The lowest BCUT2D eigenvalue weighted by atomic mass is 10.2. The van der Waals surface area contributed by atoms with Crippen molar-refractivity contribution in [2.45, 2.75) is 0 Å². The molecule has 1 N–H and O–H groups in total. The number of hydrogen-bond acceptors (Lipinski definition) is 4. The minimum absolute atomic E-state index is 0.0613. The van der Waals surface area contributed by atoms with Crippen molar-refractivity contribution < 1.29 is 14.6 Å². The van der Waals surface area contributed by atoms with Crippen LogP contribution in [0.25, 0.3) is 0 Å². The van der Waals surface area contributed by atoms with Crippen molar-refractivity contribution >= 4 is 40.2 Å². The van der Waals surface area contributed by atoms with Crippen LogP contribution in [-0.4, -0.2) is 16.1 Å². The van der Waals surface area contributed by atoms with Crippen LogP contribution in [0.4, 0.5) is 0 Å². The predicted molar refractivity (Wildman–Crippen MR) is 80.2 cm³/mol. The van der Waals surface area contributed by atoms with E-state index in [1.165, 1.54) is 24.4 Å². The van der Waals surface area contributed by atoms with E-state index in [0.29, 0.717) is 9.32 Å². The first kappa shape index (κ1) is 14.6. The van der Waals surface area contributed by atoms with E-state index in [1.54, 1.807) is 6.07 Å². The molecule has 7 heteroatoms. The van der Waals surface area contributed by atoms with Gasteiger partial charge in [-0.05, 0) is 46.9 Å². The van der Waals surface area contributed by atoms with Crippen LogP contribution >= 0.6 is 34.2 Å². The van der Waals surface area contributed by atoms with E-state index in [0.717, 1.165) is 0 Å². The number of pyridine rings is 1. The van der Waals surface area contributed by atoms with E-state index >= 15 is 0 Å². The molecule has 5 nitrogen and oxygen atoms in total. The Bertz CT molecular complexity index is 728. The van der Waals surface area contributed by atoms with Crippen molar-refractivity contribution in [3.63, 3.8) is 0 Å². The fourth-order valence-corrected chi connectivity index (χ4v) is 2.04. The summed E-state index contributed by atoms with van der Waals surface area (Å²) in [4.78, 5) is 14.9. The standard InChI is InChI=1S/C13H6ClIN2O3/c14-11-8(6-16)3-4-17-12(11)20-10-5-7(13(18)19)1-2-9(10)15/h1-5H,(H,18,19). The monoisotopic (exact) mass is 400 g/mol. The molecule has 0 aliphatic heterocycles. The topological polar surface area (TPSA) is 83.2 Å². The fraction of sp³-hybridized carbons (Fsp3) is 0. The maximum atomic E-state index is 10.9. The second kappa shape index (κ2) is 6.07. The predicted octanol–water partition coefficient (Wildman–Crippen LogP) is 3.70. The Kier molecular flexibility index (Phi) is 4.42. The Labute approximate surface area is 132 Å². The minimum atomic E-state index is -1.06. The lowest BCUT2D eigenvalue weighted by molar-refractivity contribution is 0.0696. The smallest absolute Gasteiger partial charge is 0.335 e. The maximum Gasteiger partial charge on any atom is 0.335 e.